The van der Waals surface area contributed by atoms with Crippen molar-refractivity contribution in [1.29, 1.82) is 5.26 Å². The molecule has 0 radical (unpaired) electrons. The summed E-state index contributed by atoms with van der Waals surface area (Å²) in [5, 5.41) is 19.1. The Morgan fingerprint density at radius 2 is 2.07 bits per heavy atom. The first-order chi connectivity index (χ1) is 7.24. The van der Waals surface area contributed by atoms with Gasteiger partial charge >= 0.3 is 0 Å². The summed E-state index contributed by atoms with van der Waals surface area (Å²) in [6, 6.07) is 9.35. The van der Waals surface area contributed by atoms with Crippen molar-refractivity contribution >= 4 is 11.8 Å². The topological polar surface area (TPSA) is 44.0 Å². The normalized spacial score (nSPS) is 25.9. The van der Waals surface area contributed by atoms with Gasteiger partial charge in [0.1, 0.15) is 0 Å². The Hall–Kier alpha value is -0.980. The van der Waals surface area contributed by atoms with E-state index in [1.807, 2.05) is 12.1 Å². The van der Waals surface area contributed by atoms with Crippen LogP contribution in [-0.4, -0.2) is 16.6 Å². The quantitative estimate of drug-likeness (QED) is 0.788. The maximum Gasteiger partial charge on any atom is 0.0991 e. The molecular formula is C12H13NOS. The minimum absolute atomic E-state index is 0.644. The van der Waals surface area contributed by atoms with Crippen LogP contribution in [0.4, 0.5) is 0 Å². The lowest BCUT2D eigenvalue weighted by molar-refractivity contribution is 0.0495. The van der Waals surface area contributed by atoms with E-state index in [0.717, 1.165) is 29.9 Å². The third-order valence-corrected chi connectivity index (χ3v) is 4.03. The Balaban J connectivity index is 2.24. The van der Waals surface area contributed by atoms with Crippen LogP contribution in [0, 0.1) is 11.3 Å². The molecule has 1 heterocycles. The predicted molar refractivity (Wildman–Crippen MR) is 61.6 cm³/mol. The minimum atomic E-state index is -0.684. The molecule has 3 heteroatoms. The summed E-state index contributed by atoms with van der Waals surface area (Å²) in [6.07, 6.45) is 1.88. The average Bonchev–Trinajstić information content (AvgIpc) is 2.30. The van der Waals surface area contributed by atoms with Gasteiger partial charge in [0.2, 0.25) is 0 Å². The van der Waals surface area contributed by atoms with Crippen LogP contribution in [0.2, 0.25) is 0 Å². The van der Waals surface area contributed by atoms with Gasteiger partial charge in [-0.2, -0.15) is 17.0 Å². The van der Waals surface area contributed by atoms with Crippen molar-refractivity contribution in [3.05, 3.63) is 35.4 Å². The van der Waals surface area contributed by atoms with Gasteiger partial charge in [-0.05, 0) is 36.3 Å². The van der Waals surface area contributed by atoms with E-state index in [9.17, 15) is 5.11 Å². The molecule has 1 saturated heterocycles. The highest BCUT2D eigenvalue weighted by Crippen LogP contribution is 2.35. The first-order valence-corrected chi connectivity index (χ1v) is 6.21. The van der Waals surface area contributed by atoms with Crippen LogP contribution in [0.3, 0.4) is 0 Å². The monoisotopic (exact) mass is 219 g/mol. The molecular weight excluding hydrogens is 206 g/mol. The van der Waals surface area contributed by atoms with E-state index < -0.39 is 5.60 Å². The summed E-state index contributed by atoms with van der Waals surface area (Å²) in [5.41, 5.74) is 0.899. The number of aliphatic hydroxyl groups is 1. The van der Waals surface area contributed by atoms with Crippen molar-refractivity contribution in [2.45, 2.75) is 18.4 Å². The van der Waals surface area contributed by atoms with Crippen LogP contribution in [0.25, 0.3) is 0 Å². The molecule has 1 fully saturated rings. The number of nitrogens with zero attached hydrogens (tertiary/aromatic N) is 1. The van der Waals surface area contributed by atoms with Crippen molar-refractivity contribution in [3.63, 3.8) is 0 Å². The third kappa shape index (κ3) is 2.17. The molecule has 0 bridgehead atoms. The van der Waals surface area contributed by atoms with Crippen LogP contribution < -0.4 is 0 Å². The molecule has 0 spiro atoms. The number of rotatable bonds is 1. The fourth-order valence-electron chi connectivity index (χ4n) is 1.86. The summed E-state index contributed by atoms with van der Waals surface area (Å²) in [5.74, 6) is 1.90. The summed E-state index contributed by atoms with van der Waals surface area (Å²) >= 11 is 1.79. The molecule has 0 aliphatic carbocycles. The maximum absolute atomic E-state index is 10.4. The number of hydrogen-bond acceptors (Lipinski definition) is 3. The molecule has 0 amide bonds. The Morgan fingerprint density at radius 1 is 1.33 bits per heavy atom. The molecule has 1 aromatic rings. The Kier molecular flexibility index (Phi) is 2.99. The lowest BCUT2D eigenvalue weighted by atomic mass is 9.90. The standard InChI is InChI=1S/C12H13NOS/c13-8-10-2-4-11(5-3-10)12(14)6-1-7-15-9-12/h2-5,14H,1,6-7,9H2/t12-/m1/s1. The number of thioether (sulfide) groups is 1. The highest BCUT2D eigenvalue weighted by Gasteiger charge is 2.31. The number of benzene rings is 1. The molecule has 2 rings (SSSR count). The van der Waals surface area contributed by atoms with Crippen LogP contribution >= 0.6 is 11.8 Å². The van der Waals surface area contributed by atoms with E-state index in [1.165, 1.54) is 0 Å². The van der Waals surface area contributed by atoms with Gasteiger partial charge in [0, 0.05) is 5.75 Å². The van der Waals surface area contributed by atoms with Gasteiger partial charge in [0.05, 0.1) is 17.2 Å². The molecule has 0 aromatic heterocycles. The summed E-state index contributed by atoms with van der Waals surface area (Å²) in [6.45, 7) is 0. The van der Waals surface area contributed by atoms with E-state index in [1.54, 1.807) is 23.9 Å². The second kappa shape index (κ2) is 4.26. The number of nitriles is 1. The zero-order valence-corrected chi connectivity index (χ0v) is 9.26. The first-order valence-electron chi connectivity index (χ1n) is 5.05. The highest BCUT2D eigenvalue weighted by atomic mass is 32.2. The third-order valence-electron chi connectivity index (χ3n) is 2.77. The van der Waals surface area contributed by atoms with E-state index in [2.05, 4.69) is 6.07 Å². The van der Waals surface area contributed by atoms with Crippen LogP contribution in [0.1, 0.15) is 24.0 Å². The molecule has 1 aliphatic heterocycles. The summed E-state index contributed by atoms with van der Waals surface area (Å²) in [7, 11) is 0. The molecule has 1 aromatic carbocycles. The largest absolute Gasteiger partial charge is 0.384 e. The van der Waals surface area contributed by atoms with Crippen molar-refractivity contribution in [1.82, 2.24) is 0 Å². The average molecular weight is 219 g/mol. The van der Waals surface area contributed by atoms with Crippen LogP contribution in [-0.2, 0) is 5.60 Å². The highest BCUT2D eigenvalue weighted by molar-refractivity contribution is 7.99. The lowest BCUT2D eigenvalue weighted by Gasteiger charge is -2.32. The zero-order valence-electron chi connectivity index (χ0n) is 8.44. The molecule has 1 atom stereocenters. The second-order valence-electron chi connectivity index (χ2n) is 3.88. The van der Waals surface area contributed by atoms with Gasteiger partial charge in [-0.3, -0.25) is 0 Å². The van der Waals surface area contributed by atoms with E-state index >= 15 is 0 Å². The van der Waals surface area contributed by atoms with Crippen LogP contribution in [0.15, 0.2) is 24.3 Å². The maximum atomic E-state index is 10.4. The summed E-state index contributed by atoms with van der Waals surface area (Å²) < 4.78 is 0. The van der Waals surface area contributed by atoms with E-state index in [-0.39, 0.29) is 0 Å². The lowest BCUT2D eigenvalue weighted by Crippen LogP contribution is -2.31. The molecule has 1 aliphatic rings. The molecule has 1 N–H and O–H groups in total. The SMILES string of the molecule is N#Cc1ccc([C@@]2(O)CCCSC2)cc1. The number of hydrogen-bond donors (Lipinski definition) is 1. The van der Waals surface area contributed by atoms with Gasteiger partial charge in [-0.25, -0.2) is 0 Å². The zero-order chi connectivity index (χ0) is 10.7. The Bertz CT molecular complexity index is 374. The molecule has 15 heavy (non-hydrogen) atoms. The van der Waals surface area contributed by atoms with Crippen molar-refractivity contribution in [3.8, 4) is 6.07 Å². The predicted octanol–water partition coefficient (Wildman–Crippen LogP) is 2.27. The molecule has 2 nitrogen and oxygen atoms in total. The fraction of sp³-hybridized carbons (Fsp3) is 0.417. The van der Waals surface area contributed by atoms with Gasteiger partial charge < -0.3 is 5.11 Å². The second-order valence-corrected chi connectivity index (χ2v) is 4.98. The van der Waals surface area contributed by atoms with Crippen LogP contribution in [0.5, 0.6) is 0 Å². The van der Waals surface area contributed by atoms with Crippen molar-refractivity contribution in [2.75, 3.05) is 11.5 Å². The molecule has 0 unspecified atom stereocenters. The van der Waals surface area contributed by atoms with E-state index in [4.69, 9.17) is 5.26 Å². The minimum Gasteiger partial charge on any atom is -0.384 e. The van der Waals surface area contributed by atoms with Crippen molar-refractivity contribution < 1.29 is 5.11 Å². The first kappa shape index (κ1) is 10.5. The van der Waals surface area contributed by atoms with Crippen molar-refractivity contribution in [2.24, 2.45) is 0 Å². The Morgan fingerprint density at radius 3 is 2.60 bits per heavy atom. The van der Waals surface area contributed by atoms with Gasteiger partial charge in [-0.15, -0.1) is 0 Å². The van der Waals surface area contributed by atoms with E-state index in [0.29, 0.717) is 5.56 Å². The van der Waals surface area contributed by atoms with Gasteiger partial charge in [0.15, 0.2) is 0 Å². The molecule has 78 valence electrons. The van der Waals surface area contributed by atoms with Gasteiger partial charge in [-0.1, -0.05) is 12.1 Å². The smallest absolute Gasteiger partial charge is 0.0991 e. The van der Waals surface area contributed by atoms with Gasteiger partial charge in [0.25, 0.3) is 0 Å². The summed E-state index contributed by atoms with van der Waals surface area (Å²) in [4.78, 5) is 0. The Labute approximate surface area is 93.9 Å². The fourth-order valence-corrected chi connectivity index (χ4v) is 3.00. The molecule has 0 saturated carbocycles.